The number of anilines is 2. The zero-order valence-electron chi connectivity index (χ0n) is 21.7. The fourth-order valence-corrected chi connectivity index (χ4v) is 5.11. The van der Waals surface area contributed by atoms with E-state index in [9.17, 15) is 13.6 Å². The number of hydrogen-bond acceptors (Lipinski definition) is 7. The first-order valence-electron chi connectivity index (χ1n) is 12.7. The van der Waals surface area contributed by atoms with Gasteiger partial charge in [-0.05, 0) is 67.0 Å². The van der Waals surface area contributed by atoms with Crippen molar-refractivity contribution in [3.8, 4) is 17.0 Å². The maximum absolute atomic E-state index is 13.3. The highest BCUT2D eigenvalue weighted by atomic mass is 19.3. The van der Waals surface area contributed by atoms with Crippen molar-refractivity contribution in [1.82, 2.24) is 19.9 Å². The number of nitrogens with zero attached hydrogens (tertiary/aromatic N) is 4. The Morgan fingerprint density at radius 2 is 1.95 bits per heavy atom. The molecule has 1 aliphatic carbocycles. The Morgan fingerprint density at radius 3 is 2.68 bits per heavy atom. The first kappa shape index (κ1) is 26.0. The molecule has 1 fully saturated rings. The van der Waals surface area contributed by atoms with Crippen LogP contribution in [-0.2, 0) is 16.6 Å². The largest absolute Gasteiger partial charge is 0.433 e. The van der Waals surface area contributed by atoms with Gasteiger partial charge in [-0.2, -0.15) is 8.78 Å². The first-order chi connectivity index (χ1) is 18.2. The number of carbonyl (C=O) groups excluding carboxylic acids is 1. The number of nitrogens with one attached hydrogen (secondary N) is 1. The van der Waals surface area contributed by atoms with Crippen LogP contribution >= 0.6 is 0 Å². The van der Waals surface area contributed by atoms with Crippen LogP contribution < -0.4 is 10.1 Å². The van der Waals surface area contributed by atoms with Gasteiger partial charge in [0.05, 0.1) is 17.5 Å². The summed E-state index contributed by atoms with van der Waals surface area (Å²) in [6, 6.07) is 8.34. The smallest absolute Gasteiger partial charge is 0.387 e. The highest BCUT2D eigenvalue weighted by molar-refractivity contribution is 5.95. The molecule has 0 bridgehead atoms. The van der Waals surface area contributed by atoms with Crippen molar-refractivity contribution in [2.45, 2.75) is 57.7 Å². The summed E-state index contributed by atoms with van der Waals surface area (Å²) in [5, 5.41) is 2.97. The molecule has 1 aliphatic heterocycles. The summed E-state index contributed by atoms with van der Waals surface area (Å²) in [4.78, 5) is 28.2. The average molecular weight is 524 g/mol. The van der Waals surface area contributed by atoms with Gasteiger partial charge in [-0.1, -0.05) is 13.8 Å². The summed E-state index contributed by atoms with van der Waals surface area (Å²) in [5.74, 6) is -0.190. The lowest BCUT2D eigenvalue weighted by molar-refractivity contribution is -0.0494. The molecule has 1 saturated heterocycles. The molecule has 0 spiro atoms. The summed E-state index contributed by atoms with van der Waals surface area (Å²) >= 11 is 0. The summed E-state index contributed by atoms with van der Waals surface area (Å²) in [6.07, 6.45) is 6.98. The Morgan fingerprint density at radius 1 is 1.16 bits per heavy atom. The van der Waals surface area contributed by atoms with Gasteiger partial charge in [0.2, 0.25) is 5.95 Å². The van der Waals surface area contributed by atoms with Crippen LogP contribution in [0, 0.1) is 0 Å². The lowest BCUT2D eigenvalue weighted by Gasteiger charge is -2.31. The summed E-state index contributed by atoms with van der Waals surface area (Å²) < 4.78 is 36.7. The van der Waals surface area contributed by atoms with Crippen LogP contribution in [-0.4, -0.2) is 58.7 Å². The van der Waals surface area contributed by atoms with Crippen LogP contribution in [0.2, 0.25) is 0 Å². The van der Waals surface area contributed by atoms with E-state index >= 15 is 0 Å². The number of halogens is 2. The minimum Gasteiger partial charge on any atom is -0.433 e. The Hall–Kier alpha value is -3.66. The van der Waals surface area contributed by atoms with Crippen molar-refractivity contribution in [3.05, 3.63) is 59.5 Å². The molecule has 1 aromatic carbocycles. The third kappa shape index (κ3) is 5.45. The lowest BCUT2D eigenvalue weighted by atomic mass is 9.86. The Kier molecular flexibility index (Phi) is 7.25. The predicted molar refractivity (Wildman–Crippen MR) is 139 cm³/mol. The number of hydrogen-bond donors (Lipinski definition) is 1. The third-order valence-corrected chi connectivity index (χ3v) is 7.39. The number of amides is 1. The Balaban J connectivity index is 1.38. The molecule has 3 heterocycles. The van der Waals surface area contributed by atoms with E-state index in [-0.39, 0.29) is 40.4 Å². The van der Waals surface area contributed by atoms with Gasteiger partial charge in [0.15, 0.2) is 0 Å². The molecule has 200 valence electrons. The molecule has 0 unspecified atom stereocenters. The van der Waals surface area contributed by atoms with Crippen molar-refractivity contribution >= 4 is 17.5 Å². The highest BCUT2D eigenvalue weighted by Crippen LogP contribution is 2.39. The number of alkyl halides is 2. The van der Waals surface area contributed by atoms with Crippen molar-refractivity contribution in [3.63, 3.8) is 0 Å². The molecule has 0 saturated carbocycles. The molecule has 10 heteroatoms. The number of piperidine rings is 1. The standard InChI is InChI=1S/C28H31F2N5O3/c1-28(2)10-6-22-20(28)14-18(16-32-22)21-7-11-31-27(33-21)34-23-5-4-17(15-24(23)38-26(29)30)25(36)35-12-8-19(37-3)9-13-35/h4-5,7,11,14-16,19,26H,6,8-10,12-13H2,1-3H3,(H,31,33,34). The lowest BCUT2D eigenvalue weighted by Crippen LogP contribution is -2.40. The van der Waals surface area contributed by atoms with Crippen LogP contribution in [0.25, 0.3) is 11.3 Å². The van der Waals surface area contributed by atoms with Gasteiger partial charge in [-0.15, -0.1) is 0 Å². The third-order valence-electron chi connectivity index (χ3n) is 7.39. The van der Waals surface area contributed by atoms with Gasteiger partial charge in [-0.25, -0.2) is 9.97 Å². The van der Waals surface area contributed by atoms with E-state index in [2.05, 4.69) is 40.2 Å². The molecule has 5 rings (SSSR count). The molecule has 2 aliphatic rings. The second-order valence-corrected chi connectivity index (χ2v) is 10.3. The van der Waals surface area contributed by atoms with E-state index in [0.29, 0.717) is 18.8 Å². The van der Waals surface area contributed by atoms with Crippen LogP contribution in [0.1, 0.15) is 54.7 Å². The predicted octanol–water partition coefficient (Wildman–Crippen LogP) is 5.36. The molecule has 1 amide bonds. The minimum atomic E-state index is -3.06. The van der Waals surface area contributed by atoms with Crippen LogP contribution in [0.3, 0.4) is 0 Å². The normalized spacial score (nSPS) is 16.9. The number of methoxy groups -OCH3 is 1. The maximum atomic E-state index is 13.3. The molecule has 3 aromatic rings. The van der Waals surface area contributed by atoms with Crippen molar-refractivity contribution in [2.75, 3.05) is 25.5 Å². The SMILES string of the molecule is COC1CCN(C(=O)c2ccc(Nc3nccc(-c4cnc5c(c4)C(C)(C)CC5)n3)c(OC(F)F)c2)CC1. The number of rotatable bonds is 7. The zero-order valence-corrected chi connectivity index (χ0v) is 21.7. The van der Waals surface area contributed by atoms with Gasteiger partial charge in [-0.3, -0.25) is 9.78 Å². The van der Waals surface area contributed by atoms with Crippen LogP contribution in [0.15, 0.2) is 42.7 Å². The van der Waals surface area contributed by atoms with E-state index in [1.54, 1.807) is 36.5 Å². The zero-order chi connectivity index (χ0) is 26.9. The number of aromatic nitrogens is 3. The maximum Gasteiger partial charge on any atom is 0.387 e. The number of aryl methyl sites for hydroxylation is 1. The van der Waals surface area contributed by atoms with E-state index in [1.165, 1.54) is 17.7 Å². The number of fused-ring (bicyclic) bond motifs is 1. The molecule has 38 heavy (non-hydrogen) atoms. The van der Waals surface area contributed by atoms with Crippen LogP contribution in [0.4, 0.5) is 20.4 Å². The Labute approximate surface area is 220 Å². The Bertz CT molecular complexity index is 1330. The molecule has 2 aromatic heterocycles. The summed E-state index contributed by atoms with van der Waals surface area (Å²) in [7, 11) is 1.66. The fraction of sp³-hybridized carbons (Fsp3) is 0.429. The molecular weight excluding hydrogens is 492 g/mol. The van der Waals surface area contributed by atoms with E-state index < -0.39 is 6.61 Å². The molecular formula is C28H31F2N5O3. The van der Waals surface area contributed by atoms with Crippen molar-refractivity contribution in [2.24, 2.45) is 0 Å². The average Bonchev–Trinajstić information content (AvgIpc) is 3.23. The fourth-order valence-electron chi connectivity index (χ4n) is 5.11. The highest BCUT2D eigenvalue weighted by Gasteiger charge is 2.31. The van der Waals surface area contributed by atoms with Gasteiger partial charge in [0.25, 0.3) is 5.91 Å². The van der Waals surface area contributed by atoms with Gasteiger partial charge in [0.1, 0.15) is 5.75 Å². The molecule has 0 atom stereocenters. The topological polar surface area (TPSA) is 89.5 Å². The minimum absolute atomic E-state index is 0.0484. The first-order valence-corrected chi connectivity index (χ1v) is 12.7. The number of likely N-dealkylation sites (tertiary alicyclic amines) is 1. The van der Waals surface area contributed by atoms with Crippen molar-refractivity contribution < 1.29 is 23.0 Å². The van der Waals surface area contributed by atoms with Gasteiger partial charge in [0, 0.05) is 49.4 Å². The number of carbonyl (C=O) groups is 1. The monoisotopic (exact) mass is 523 g/mol. The van der Waals surface area contributed by atoms with Crippen molar-refractivity contribution in [1.29, 1.82) is 0 Å². The number of pyridine rings is 1. The summed E-state index contributed by atoms with van der Waals surface area (Å²) in [6.45, 7) is 2.43. The second kappa shape index (κ2) is 10.6. The second-order valence-electron chi connectivity index (χ2n) is 10.3. The van der Waals surface area contributed by atoms with Crippen LogP contribution in [0.5, 0.6) is 5.75 Å². The molecule has 8 nitrogen and oxygen atoms in total. The van der Waals surface area contributed by atoms with E-state index in [4.69, 9.17) is 9.47 Å². The number of benzene rings is 1. The quantitative estimate of drug-likeness (QED) is 0.446. The number of ether oxygens (including phenoxy) is 2. The summed E-state index contributed by atoms with van der Waals surface area (Å²) in [5.41, 5.74) is 4.37. The molecule has 0 radical (unpaired) electrons. The van der Waals surface area contributed by atoms with Gasteiger partial charge < -0.3 is 19.7 Å². The van der Waals surface area contributed by atoms with Gasteiger partial charge >= 0.3 is 6.61 Å². The van der Waals surface area contributed by atoms with E-state index in [0.717, 1.165) is 36.9 Å². The van der Waals surface area contributed by atoms with E-state index in [1.807, 2.05) is 0 Å². The molecule has 1 N–H and O–H groups in total.